The van der Waals surface area contributed by atoms with E-state index in [2.05, 4.69) is 40.8 Å². The maximum Gasteiger partial charge on any atom is 0.128 e. The van der Waals surface area contributed by atoms with E-state index in [9.17, 15) is 0 Å². The molecule has 0 aromatic carbocycles. The topological polar surface area (TPSA) is 28.2 Å². The van der Waals surface area contributed by atoms with E-state index >= 15 is 0 Å². The summed E-state index contributed by atoms with van der Waals surface area (Å²) in [5, 5.41) is 3.47. The second-order valence-electron chi connectivity index (χ2n) is 5.01. The molecular formula is C15H23N3. The molecule has 0 spiro atoms. The number of allylic oxidation sites excluding steroid dienone is 1. The van der Waals surface area contributed by atoms with E-state index in [1.165, 1.54) is 12.8 Å². The third-order valence-electron chi connectivity index (χ3n) is 3.39. The molecule has 1 N–H and O–H groups in total. The van der Waals surface area contributed by atoms with Gasteiger partial charge in [-0.3, -0.25) is 0 Å². The molecule has 18 heavy (non-hydrogen) atoms. The second-order valence-corrected chi connectivity index (χ2v) is 5.01. The number of hydrogen-bond acceptors (Lipinski definition) is 3. The quantitative estimate of drug-likeness (QED) is 0.778. The highest BCUT2D eigenvalue weighted by Gasteiger charge is 2.13. The summed E-state index contributed by atoms with van der Waals surface area (Å²) < 4.78 is 0. The molecule has 3 nitrogen and oxygen atoms in total. The van der Waals surface area contributed by atoms with Crippen molar-refractivity contribution in [3.63, 3.8) is 0 Å². The normalized spacial score (nSPS) is 16.6. The van der Waals surface area contributed by atoms with E-state index in [-0.39, 0.29) is 0 Å². The van der Waals surface area contributed by atoms with E-state index < -0.39 is 0 Å². The van der Waals surface area contributed by atoms with E-state index in [1.807, 2.05) is 12.3 Å². The van der Waals surface area contributed by atoms with Crippen LogP contribution in [0.1, 0.15) is 32.6 Å². The van der Waals surface area contributed by atoms with Gasteiger partial charge in [-0.25, -0.2) is 4.98 Å². The Morgan fingerprint density at radius 1 is 1.44 bits per heavy atom. The Morgan fingerprint density at radius 2 is 2.22 bits per heavy atom. The van der Waals surface area contributed by atoms with Gasteiger partial charge in [0, 0.05) is 19.1 Å². The Balaban J connectivity index is 1.88. The molecule has 0 bridgehead atoms. The van der Waals surface area contributed by atoms with Crippen LogP contribution in [-0.2, 0) is 0 Å². The highest BCUT2D eigenvalue weighted by atomic mass is 15.2. The summed E-state index contributed by atoms with van der Waals surface area (Å²) in [6, 6.07) is 4.71. The van der Waals surface area contributed by atoms with E-state index in [0.717, 1.165) is 37.4 Å². The van der Waals surface area contributed by atoms with Crippen molar-refractivity contribution < 1.29 is 0 Å². The number of hydrogen-bond donors (Lipinski definition) is 1. The standard InChI is InChI=1S/C15H23N3/c1-3-4-7-13(2)17-14-8-9-15(16-12-14)18-10-5-6-11-18/h3,8-9,12-13,17H,1,4-7,10-11H2,2H3. The largest absolute Gasteiger partial charge is 0.381 e. The average Bonchev–Trinajstić information content (AvgIpc) is 2.91. The van der Waals surface area contributed by atoms with Crippen molar-refractivity contribution >= 4 is 11.5 Å². The zero-order valence-electron chi connectivity index (χ0n) is 11.2. The molecule has 0 saturated carbocycles. The second kappa shape index (κ2) is 6.43. The molecule has 1 aliphatic rings. The van der Waals surface area contributed by atoms with E-state index in [1.54, 1.807) is 0 Å². The lowest BCUT2D eigenvalue weighted by molar-refractivity contribution is 0.718. The smallest absolute Gasteiger partial charge is 0.128 e. The molecule has 1 aliphatic heterocycles. The Morgan fingerprint density at radius 3 is 2.83 bits per heavy atom. The van der Waals surface area contributed by atoms with E-state index in [4.69, 9.17) is 0 Å². The van der Waals surface area contributed by atoms with Gasteiger partial charge in [-0.1, -0.05) is 6.08 Å². The number of nitrogens with one attached hydrogen (secondary N) is 1. The molecule has 1 unspecified atom stereocenters. The minimum Gasteiger partial charge on any atom is -0.381 e. The molecule has 0 amide bonds. The maximum atomic E-state index is 4.54. The molecule has 1 saturated heterocycles. The van der Waals surface area contributed by atoms with Crippen molar-refractivity contribution in [3.8, 4) is 0 Å². The van der Waals surface area contributed by atoms with Gasteiger partial charge in [0.2, 0.25) is 0 Å². The fourth-order valence-electron chi connectivity index (χ4n) is 2.33. The number of aromatic nitrogens is 1. The molecule has 1 fully saturated rings. The highest BCUT2D eigenvalue weighted by molar-refractivity contribution is 5.49. The molecule has 98 valence electrons. The molecule has 3 heteroatoms. The molecule has 0 radical (unpaired) electrons. The summed E-state index contributed by atoms with van der Waals surface area (Å²) in [5.74, 6) is 1.11. The number of anilines is 2. The van der Waals surface area contributed by atoms with Crippen LogP contribution < -0.4 is 10.2 Å². The number of pyridine rings is 1. The summed E-state index contributed by atoms with van der Waals surface area (Å²) in [6.45, 7) is 8.24. The van der Waals surface area contributed by atoms with Crippen LogP contribution in [0.25, 0.3) is 0 Å². The van der Waals surface area contributed by atoms with Crippen LogP contribution in [0.4, 0.5) is 11.5 Å². The summed E-state index contributed by atoms with van der Waals surface area (Å²) in [7, 11) is 0. The fourth-order valence-corrected chi connectivity index (χ4v) is 2.33. The first-order chi connectivity index (χ1) is 8.79. The van der Waals surface area contributed by atoms with Crippen LogP contribution in [0.3, 0.4) is 0 Å². The van der Waals surface area contributed by atoms with Crippen molar-refractivity contribution in [2.45, 2.75) is 38.6 Å². The Labute approximate surface area is 110 Å². The summed E-state index contributed by atoms with van der Waals surface area (Å²) >= 11 is 0. The summed E-state index contributed by atoms with van der Waals surface area (Å²) in [6.07, 6.45) is 8.65. The maximum absolute atomic E-state index is 4.54. The molecular weight excluding hydrogens is 222 g/mol. The van der Waals surface area contributed by atoms with Gasteiger partial charge in [0.1, 0.15) is 5.82 Å². The predicted octanol–water partition coefficient (Wildman–Crippen LogP) is 3.45. The molecule has 1 atom stereocenters. The van der Waals surface area contributed by atoms with Gasteiger partial charge in [-0.05, 0) is 44.7 Å². The van der Waals surface area contributed by atoms with Crippen molar-refractivity contribution in [2.75, 3.05) is 23.3 Å². The van der Waals surface area contributed by atoms with Crippen molar-refractivity contribution in [2.24, 2.45) is 0 Å². The lowest BCUT2D eigenvalue weighted by atomic mass is 10.2. The minimum atomic E-state index is 0.461. The van der Waals surface area contributed by atoms with Crippen molar-refractivity contribution in [1.29, 1.82) is 0 Å². The van der Waals surface area contributed by atoms with Crippen molar-refractivity contribution in [3.05, 3.63) is 31.0 Å². The van der Waals surface area contributed by atoms with E-state index in [0.29, 0.717) is 6.04 Å². The Hall–Kier alpha value is -1.51. The van der Waals surface area contributed by atoms with Gasteiger partial charge in [-0.2, -0.15) is 0 Å². The zero-order valence-corrected chi connectivity index (χ0v) is 11.2. The molecule has 0 aliphatic carbocycles. The molecule has 1 aromatic heterocycles. The predicted molar refractivity (Wildman–Crippen MR) is 78.2 cm³/mol. The average molecular weight is 245 g/mol. The zero-order chi connectivity index (χ0) is 12.8. The van der Waals surface area contributed by atoms with Gasteiger partial charge in [0.25, 0.3) is 0 Å². The monoisotopic (exact) mass is 245 g/mol. The SMILES string of the molecule is C=CCCC(C)Nc1ccc(N2CCCC2)nc1. The Bertz CT molecular complexity index is 366. The first kappa shape index (κ1) is 12.9. The highest BCUT2D eigenvalue weighted by Crippen LogP contribution is 2.19. The lowest BCUT2D eigenvalue weighted by Crippen LogP contribution is -2.19. The first-order valence-electron chi connectivity index (χ1n) is 6.88. The lowest BCUT2D eigenvalue weighted by Gasteiger charge is -2.18. The number of rotatable bonds is 6. The number of nitrogens with zero attached hydrogens (tertiary/aromatic N) is 2. The van der Waals surface area contributed by atoms with Crippen LogP contribution in [0.15, 0.2) is 31.0 Å². The van der Waals surface area contributed by atoms with Gasteiger partial charge < -0.3 is 10.2 Å². The van der Waals surface area contributed by atoms with Crippen LogP contribution in [0.2, 0.25) is 0 Å². The summed E-state index contributed by atoms with van der Waals surface area (Å²) in [5.41, 5.74) is 1.11. The van der Waals surface area contributed by atoms with Gasteiger partial charge in [0.05, 0.1) is 11.9 Å². The Kier molecular flexibility index (Phi) is 4.62. The van der Waals surface area contributed by atoms with Gasteiger partial charge in [0.15, 0.2) is 0 Å². The van der Waals surface area contributed by atoms with Crippen molar-refractivity contribution in [1.82, 2.24) is 4.98 Å². The van der Waals surface area contributed by atoms with Crippen LogP contribution in [0.5, 0.6) is 0 Å². The molecule has 1 aromatic rings. The minimum absolute atomic E-state index is 0.461. The van der Waals surface area contributed by atoms with Gasteiger partial charge in [-0.15, -0.1) is 6.58 Å². The third-order valence-corrected chi connectivity index (χ3v) is 3.39. The van der Waals surface area contributed by atoms with Crippen LogP contribution >= 0.6 is 0 Å². The molecule has 2 heterocycles. The fraction of sp³-hybridized carbons (Fsp3) is 0.533. The first-order valence-corrected chi connectivity index (χ1v) is 6.88. The van der Waals surface area contributed by atoms with Gasteiger partial charge >= 0.3 is 0 Å². The summed E-state index contributed by atoms with van der Waals surface area (Å²) in [4.78, 5) is 6.89. The third kappa shape index (κ3) is 3.49. The van der Waals surface area contributed by atoms with Crippen LogP contribution in [-0.4, -0.2) is 24.1 Å². The molecule has 2 rings (SSSR count). The van der Waals surface area contributed by atoms with Crippen LogP contribution in [0, 0.1) is 0 Å².